The van der Waals surface area contributed by atoms with Crippen LogP contribution in [0.1, 0.15) is 0 Å². The first-order valence-corrected chi connectivity index (χ1v) is 24.2. The van der Waals surface area contributed by atoms with Crippen molar-refractivity contribution in [3.8, 4) is 102 Å². The molecule has 2 aromatic heterocycles. The molecule has 0 amide bonds. The Morgan fingerprint density at radius 3 is 1.30 bits per heavy atom. The van der Waals surface area contributed by atoms with Crippen molar-refractivity contribution < 1.29 is 4.74 Å². The van der Waals surface area contributed by atoms with E-state index in [4.69, 9.17) is 24.7 Å². The number of fused-ring (bicyclic) bond motifs is 5. The van der Waals surface area contributed by atoms with E-state index in [0.29, 0.717) is 11.6 Å². The van der Waals surface area contributed by atoms with Crippen LogP contribution < -0.4 is 4.74 Å². The summed E-state index contributed by atoms with van der Waals surface area (Å²) in [6, 6.07) is 84.5. The molecule has 0 unspecified atom stereocenters. The lowest BCUT2D eigenvalue weighted by molar-refractivity contribution is 0.455. The average Bonchev–Trinajstić information content (AvgIpc) is 3.44. The van der Waals surface area contributed by atoms with Crippen LogP contribution in [0, 0.1) is 0 Å². The SMILES string of the molecule is c1ccc(-c2cc(-c3ccc(-c4ccc5c(c4)Sc4cc(-c6cc7ccccc7c7ccccc67)ccc4O5)c(-c4cc(-c5ccccc5)nc(-c5ccccc5)n4)c3)nc(-c3ccccc3)n2)cc1. The average molecular weight is 913 g/mol. The molecule has 1 aliphatic heterocycles. The van der Waals surface area contributed by atoms with Gasteiger partial charge in [0, 0.05) is 33.4 Å². The molecule has 70 heavy (non-hydrogen) atoms. The third-order valence-corrected chi connectivity index (χ3v) is 14.0. The van der Waals surface area contributed by atoms with E-state index in [0.717, 1.165) is 94.1 Å². The maximum Gasteiger partial charge on any atom is 0.160 e. The molecule has 328 valence electrons. The van der Waals surface area contributed by atoms with E-state index in [1.54, 1.807) is 11.8 Å². The molecule has 13 rings (SSSR count). The van der Waals surface area contributed by atoms with Crippen LogP contribution in [0.25, 0.3) is 112 Å². The first-order chi connectivity index (χ1) is 34.6. The van der Waals surface area contributed by atoms with Crippen LogP contribution >= 0.6 is 11.8 Å². The summed E-state index contributed by atoms with van der Waals surface area (Å²) < 4.78 is 6.68. The molecule has 6 heteroatoms. The Morgan fingerprint density at radius 1 is 0.271 bits per heavy atom. The van der Waals surface area contributed by atoms with E-state index >= 15 is 0 Å². The second kappa shape index (κ2) is 17.6. The number of hydrogen-bond acceptors (Lipinski definition) is 6. The van der Waals surface area contributed by atoms with Crippen molar-refractivity contribution in [2.75, 3.05) is 0 Å². The molecule has 0 fully saturated rings. The minimum Gasteiger partial charge on any atom is -0.455 e. The Hall–Kier alpha value is -8.97. The summed E-state index contributed by atoms with van der Waals surface area (Å²) in [6.07, 6.45) is 0. The van der Waals surface area contributed by atoms with Crippen LogP contribution in [0.3, 0.4) is 0 Å². The summed E-state index contributed by atoms with van der Waals surface area (Å²) in [5, 5.41) is 4.95. The summed E-state index contributed by atoms with van der Waals surface area (Å²) >= 11 is 1.74. The first kappa shape index (κ1) is 41.2. The number of benzene rings is 10. The van der Waals surface area contributed by atoms with Gasteiger partial charge in [-0.2, -0.15) is 0 Å². The molecule has 0 saturated carbocycles. The maximum atomic E-state index is 6.68. The highest BCUT2D eigenvalue weighted by molar-refractivity contribution is 7.99. The highest BCUT2D eigenvalue weighted by Gasteiger charge is 2.23. The first-order valence-electron chi connectivity index (χ1n) is 23.3. The van der Waals surface area contributed by atoms with Gasteiger partial charge in [0.25, 0.3) is 0 Å². The van der Waals surface area contributed by atoms with Crippen LogP contribution in [0.5, 0.6) is 11.5 Å². The molecule has 0 aliphatic carbocycles. The Labute approximate surface area is 409 Å². The zero-order chi connectivity index (χ0) is 46.4. The van der Waals surface area contributed by atoms with Gasteiger partial charge in [-0.15, -0.1) is 0 Å². The fourth-order valence-electron chi connectivity index (χ4n) is 9.50. The lowest BCUT2D eigenvalue weighted by atomic mass is 9.93. The van der Waals surface area contributed by atoms with E-state index in [-0.39, 0.29) is 0 Å². The van der Waals surface area contributed by atoms with Crippen LogP contribution in [-0.4, -0.2) is 19.9 Å². The lowest BCUT2D eigenvalue weighted by Gasteiger charge is -2.22. The van der Waals surface area contributed by atoms with Crippen LogP contribution in [-0.2, 0) is 0 Å². The zero-order valence-corrected chi connectivity index (χ0v) is 38.5. The Balaban J connectivity index is 0.966. The molecule has 0 spiro atoms. The highest BCUT2D eigenvalue weighted by atomic mass is 32.2. The smallest absolute Gasteiger partial charge is 0.160 e. The zero-order valence-electron chi connectivity index (χ0n) is 37.7. The standard InChI is InChI=1S/C64H40N4OS/c1-5-17-41(18-6-1)55-39-57(67-63(65-55)43-21-9-3-10-22-43)48-29-32-50(54(36-48)58-40-56(42-19-7-2-8-20-42)66-64(68-58)44-23-11-4-12-24-44)46-30-33-59-61(37-46)70-62-38-47(31-34-60(62)69-59)53-35-45-25-13-14-26-49(45)51-27-15-16-28-52(51)53/h1-40H. The molecule has 0 saturated heterocycles. The van der Waals surface area contributed by atoms with Crippen molar-refractivity contribution in [3.63, 3.8) is 0 Å². The molecule has 0 radical (unpaired) electrons. The van der Waals surface area contributed by atoms with E-state index < -0.39 is 0 Å². The molecule has 0 atom stereocenters. The van der Waals surface area contributed by atoms with Gasteiger partial charge in [-0.1, -0.05) is 206 Å². The van der Waals surface area contributed by atoms with Crippen molar-refractivity contribution in [1.29, 1.82) is 0 Å². The Bertz CT molecular complexity index is 3820. The minimum atomic E-state index is 0.647. The quantitative estimate of drug-likeness (QED) is 0.142. The van der Waals surface area contributed by atoms with Crippen LogP contribution in [0.2, 0.25) is 0 Å². The highest BCUT2D eigenvalue weighted by Crippen LogP contribution is 2.51. The fourth-order valence-corrected chi connectivity index (χ4v) is 10.5. The van der Waals surface area contributed by atoms with Crippen molar-refractivity contribution in [2.45, 2.75) is 9.79 Å². The summed E-state index contributed by atoms with van der Waals surface area (Å²) in [6.45, 7) is 0. The number of nitrogens with zero attached hydrogens (tertiary/aromatic N) is 4. The van der Waals surface area contributed by atoms with Crippen molar-refractivity contribution >= 4 is 33.3 Å². The van der Waals surface area contributed by atoms with Gasteiger partial charge in [0.15, 0.2) is 11.6 Å². The van der Waals surface area contributed by atoms with Crippen molar-refractivity contribution in [1.82, 2.24) is 19.9 Å². The molecule has 3 heterocycles. The van der Waals surface area contributed by atoms with E-state index in [1.807, 2.05) is 72.8 Å². The number of hydrogen-bond donors (Lipinski definition) is 0. The molecule has 0 N–H and O–H groups in total. The third-order valence-electron chi connectivity index (χ3n) is 13.0. The summed E-state index contributed by atoms with van der Waals surface area (Å²) in [5.74, 6) is 2.98. The molecule has 1 aliphatic rings. The molecule has 5 nitrogen and oxygen atoms in total. The normalized spacial score (nSPS) is 11.8. The largest absolute Gasteiger partial charge is 0.455 e. The molecular weight excluding hydrogens is 873 g/mol. The fraction of sp³-hybridized carbons (Fsp3) is 0. The van der Waals surface area contributed by atoms with E-state index in [9.17, 15) is 0 Å². The van der Waals surface area contributed by atoms with Gasteiger partial charge in [0.2, 0.25) is 0 Å². The summed E-state index contributed by atoms with van der Waals surface area (Å²) in [7, 11) is 0. The molecular formula is C64H40N4OS. The molecule has 10 aromatic carbocycles. The Morgan fingerprint density at radius 2 is 0.714 bits per heavy atom. The topological polar surface area (TPSA) is 60.8 Å². The molecule has 12 aromatic rings. The third kappa shape index (κ3) is 7.76. The predicted octanol–water partition coefficient (Wildman–Crippen LogP) is 17.2. The second-order valence-electron chi connectivity index (χ2n) is 17.4. The van der Waals surface area contributed by atoms with Crippen LogP contribution in [0.15, 0.2) is 252 Å². The predicted molar refractivity (Wildman–Crippen MR) is 287 cm³/mol. The minimum absolute atomic E-state index is 0.647. The lowest BCUT2D eigenvalue weighted by Crippen LogP contribution is -1.99. The monoisotopic (exact) mass is 912 g/mol. The summed E-state index contributed by atoms with van der Waals surface area (Å²) in [5.41, 5.74) is 13.5. The van der Waals surface area contributed by atoms with Crippen molar-refractivity contribution in [2.24, 2.45) is 0 Å². The van der Waals surface area contributed by atoms with E-state index in [1.165, 1.54) is 27.1 Å². The van der Waals surface area contributed by atoms with Crippen molar-refractivity contribution in [3.05, 3.63) is 243 Å². The Kier molecular flexibility index (Phi) is 10.4. The van der Waals surface area contributed by atoms with Gasteiger partial charge < -0.3 is 4.74 Å². The van der Waals surface area contributed by atoms with Gasteiger partial charge in [-0.3, -0.25) is 0 Å². The van der Waals surface area contributed by atoms with Gasteiger partial charge in [-0.25, -0.2) is 19.9 Å². The number of rotatable bonds is 8. The molecule has 0 bridgehead atoms. The van der Waals surface area contributed by atoms with Gasteiger partial charge >= 0.3 is 0 Å². The van der Waals surface area contributed by atoms with Gasteiger partial charge in [0.05, 0.1) is 32.6 Å². The maximum absolute atomic E-state index is 6.68. The number of ether oxygens (including phenoxy) is 1. The van der Waals surface area contributed by atoms with Gasteiger partial charge in [-0.05, 0) is 92.3 Å². The van der Waals surface area contributed by atoms with E-state index in [2.05, 4.69) is 170 Å². The second-order valence-corrected chi connectivity index (χ2v) is 18.5. The van der Waals surface area contributed by atoms with Crippen LogP contribution in [0.4, 0.5) is 0 Å². The van der Waals surface area contributed by atoms with Gasteiger partial charge in [0.1, 0.15) is 11.5 Å². The number of aromatic nitrogens is 4. The summed E-state index contributed by atoms with van der Waals surface area (Å²) in [4.78, 5) is 23.0.